The number of furan rings is 1. The highest BCUT2D eigenvalue weighted by molar-refractivity contribution is 5.79. The number of nitrogens with zero attached hydrogens (tertiary/aromatic N) is 2. The fourth-order valence-corrected chi connectivity index (χ4v) is 3.53. The number of rotatable bonds is 11. The van der Waals surface area contributed by atoms with Gasteiger partial charge in [-0.3, -0.25) is 9.89 Å². The van der Waals surface area contributed by atoms with E-state index in [0.29, 0.717) is 19.7 Å². The zero-order valence-corrected chi connectivity index (χ0v) is 18.5. The molecule has 8 heteroatoms. The molecule has 1 fully saturated rings. The Labute approximate surface area is 184 Å². The monoisotopic (exact) mass is 430 g/mol. The Bertz CT molecular complexity index is 758. The van der Waals surface area contributed by atoms with E-state index in [0.717, 1.165) is 56.7 Å². The SMILES string of the molecule is COCCNC(=NCC(c1ccc(OC)cc1)N1CCOCC1)NCCc1ccco1. The lowest BCUT2D eigenvalue weighted by Crippen LogP contribution is -2.42. The van der Waals surface area contributed by atoms with Gasteiger partial charge in [0.15, 0.2) is 5.96 Å². The van der Waals surface area contributed by atoms with Gasteiger partial charge >= 0.3 is 0 Å². The van der Waals surface area contributed by atoms with Gasteiger partial charge in [-0.05, 0) is 29.8 Å². The quantitative estimate of drug-likeness (QED) is 0.321. The minimum Gasteiger partial charge on any atom is -0.497 e. The Balaban J connectivity index is 1.68. The van der Waals surface area contributed by atoms with Gasteiger partial charge in [0.05, 0.1) is 45.8 Å². The van der Waals surface area contributed by atoms with Crippen molar-refractivity contribution >= 4 is 5.96 Å². The molecular formula is C23H34N4O4. The normalized spacial score (nSPS) is 16.1. The van der Waals surface area contributed by atoms with E-state index in [1.54, 1.807) is 20.5 Å². The van der Waals surface area contributed by atoms with Crippen LogP contribution in [0.15, 0.2) is 52.1 Å². The van der Waals surface area contributed by atoms with Crippen molar-refractivity contribution < 1.29 is 18.6 Å². The lowest BCUT2D eigenvalue weighted by Gasteiger charge is -2.34. The van der Waals surface area contributed by atoms with Crippen LogP contribution in [0.25, 0.3) is 0 Å². The van der Waals surface area contributed by atoms with E-state index < -0.39 is 0 Å². The van der Waals surface area contributed by atoms with Crippen LogP contribution in [0, 0.1) is 0 Å². The highest BCUT2D eigenvalue weighted by Gasteiger charge is 2.22. The van der Waals surface area contributed by atoms with Crippen molar-refractivity contribution in [1.29, 1.82) is 0 Å². The van der Waals surface area contributed by atoms with Crippen molar-refractivity contribution in [2.45, 2.75) is 12.5 Å². The zero-order valence-electron chi connectivity index (χ0n) is 18.5. The maximum atomic E-state index is 5.56. The smallest absolute Gasteiger partial charge is 0.191 e. The molecule has 1 atom stereocenters. The third kappa shape index (κ3) is 7.57. The molecule has 1 unspecified atom stereocenters. The van der Waals surface area contributed by atoms with Gasteiger partial charge in [0.1, 0.15) is 11.5 Å². The van der Waals surface area contributed by atoms with Crippen molar-refractivity contribution in [3.8, 4) is 5.75 Å². The summed E-state index contributed by atoms with van der Waals surface area (Å²) in [5.74, 6) is 2.58. The number of hydrogen-bond donors (Lipinski definition) is 2. The van der Waals surface area contributed by atoms with Crippen LogP contribution in [0.3, 0.4) is 0 Å². The minimum absolute atomic E-state index is 0.168. The molecule has 1 aliphatic heterocycles. The molecular weight excluding hydrogens is 396 g/mol. The Kier molecular flexibility index (Phi) is 9.69. The molecule has 170 valence electrons. The van der Waals surface area contributed by atoms with Gasteiger partial charge in [-0.15, -0.1) is 0 Å². The molecule has 0 radical (unpaired) electrons. The first-order valence-corrected chi connectivity index (χ1v) is 10.8. The number of benzene rings is 1. The zero-order chi connectivity index (χ0) is 21.7. The van der Waals surface area contributed by atoms with Gasteiger partial charge in [0.25, 0.3) is 0 Å². The number of aliphatic imine (C=N–C) groups is 1. The van der Waals surface area contributed by atoms with Crippen molar-refractivity contribution in [2.75, 3.05) is 66.8 Å². The van der Waals surface area contributed by atoms with Crippen molar-refractivity contribution in [3.05, 3.63) is 54.0 Å². The number of guanidine groups is 1. The van der Waals surface area contributed by atoms with Crippen molar-refractivity contribution in [2.24, 2.45) is 4.99 Å². The van der Waals surface area contributed by atoms with Crippen LogP contribution in [0.4, 0.5) is 0 Å². The standard InChI is InChI=1S/C23H34N4O4/c1-28-15-11-25-23(24-10-9-21-4-3-14-31-21)26-18-22(27-12-16-30-17-13-27)19-5-7-20(29-2)8-6-19/h3-8,14,22H,9-13,15-18H2,1-2H3,(H2,24,25,26). The molecule has 31 heavy (non-hydrogen) atoms. The fraction of sp³-hybridized carbons (Fsp3) is 0.522. The molecule has 0 aliphatic carbocycles. The molecule has 2 aromatic rings. The summed E-state index contributed by atoms with van der Waals surface area (Å²) in [5.41, 5.74) is 1.22. The van der Waals surface area contributed by atoms with E-state index in [4.69, 9.17) is 23.6 Å². The summed E-state index contributed by atoms with van der Waals surface area (Å²) < 4.78 is 21.5. The Hall–Kier alpha value is -2.55. The van der Waals surface area contributed by atoms with E-state index in [1.807, 2.05) is 24.3 Å². The first-order chi connectivity index (χ1) is 15.3. The van der Waals surface area contributed by atoms with Crippen LogP contribution in [-0.2, 0) is 15.9 Å². The third-order valence-corrected chi connectivity index (χ3v) is 5.25. The summed E-state index contributed by atoms with van der Waals surface area (Å²) in [7, 11) is 3.38. The van der Waals surface area contributed by atoms with E-state index in [-0.39, 0.29) is 6.04 Å². The van der Waals surface area contributed by atoms with E-state index >= 15 is 0 Å². The van der Waals surface area contributed by atoms with Gasteiger partial charge in [-0.1, -0.05) is 12.1 Å². The third-order valence-electron chi connectivity index (χ3n) is 5.25. The van der Waals surface area contributed by atoms with Crippen LogP contribution in [0.1, 0.15) is 17.4 Å². The van der Waals surface area contributed by atoms with Crippen LogP contribution >= 0.6 is 0 Å². The second-order valence-corrected chi connectivity index (χ2v) is 7.30. The van der Waals surface area contributed by atoms with Crippen LogP contribution < -0.4 is 15.4 Å². The molecule has 0 bridgehead atoms. The molecule has 0 spiro atoms. The first-order valence-electron chi connectivity index (χ1n) is 10.8. The second kappa shape index (κ2) is 13.0. The maximum absolute atomic E-state index is 5.56. The highest BCUT2D eigenvalue weighted by atomic mass is 16.5. The number of morpholine rings is 1. The number of hydrogen-bond acceptors (Lipinski definition) is 6. The van der Waals surface area contributed by atoms with E-state index in [9.17, 15) is 0 Å². The lowest BCUT2D eigenvalue weighted by molar-refractivity contribution is 0.0179. The molecule has 1 saturated heterocycles. The topological polar surface area (TPSA) is 80.5 Å². The predicted octanol–water partition coefficient (Wildman–Crippen LogP) is 2.09. The van der Waals surface area contributed by atoms with Gasteiger partial charge in [-0.25, -0.2) is 0 Å². The Morgan fingerprint density at radius 1 is 1.10 bits per heavy atom. The number of ether oxygens (including phenoxy) is 3. The molecule has 0 saturated carbocycles. The molecule has 1 aliphatic rings. The van der Waals surface area contributed by atoms with Crippen molar-refractivity contribution in [3.63, 3.8) is 0 Å². The van der Waals surface area contributed by atoms with Gasteiger partial charge < -0.3 is 29.3 Å². The average Bonchev–Trinajstić information content (AvgIpc) is 3.33. The first kappa shape index (κ1) is 23.1. The summed E-state index contributed by atoms with van der Waals surface area (Å²) >= 11 is 0. The van der Waals surface area contributed by atoms with Gasteiger partial charge in [0, 0.05) is 39.7 Å². The van der Waals surface area contributed by atoms with Crippen LogP contribution in [0.2, 0.25) is 0 Å². The van der Waals surface area contributed by atoms with E-state index in [2.05, 4.69) is 27.7 Å². The Morgan fingerprint density at radius 3 is 2.55 bits per heavy atom. The molecule has 2 heterocycles. The number of nitrogens with one attached hydrogen (secondary N) is 2. The highest BCUT2D eigenvalue weighted by Crippen LogP contribution is 2.24. The van der Waals surface area contributed by atoms with Gasteiger partial charge in [0.2, 0.25) is 0 Å². The summed E-state index contributed by atoms with van der Waals surface area (Å²) in [6, 6.07) is 12.3. The molecule has 8 nitrogen and oxygen atoms in total. The summed E-state index contributed by atoms with van der Waals surface area (Å²) in [4.78, 5) is 7.34. The second-order valence-electron chi connectivity index (χ2n) is 7.30. The van der Waals surface area contributed by atoms with Crippen LogP contribution in [-0.4, -0.2) is 77.6 Å². The maximum Gasteiger partial charge on any atom is 0.191 e. The summed E-state index contributed by atoms with van der Waals surface area (Å²) in [6.45, 7) is 5.95. The molecule has 3 rings (SSSR count). The predicted molar refractivity (Wildman–Crippen MR) is 121 cm³/mol. The summed E-state index contributed by atoms with van der Waals surface area (Å²) in [5, 5.41) is 6.75. The Morgan fingerprint density at radius 2 is 1.87 bits per heavy atom. The molecule has 1 aromatic heterocycles. The van der Waals surface area contributed by atoms with Gasteiger partial charge in [-0.2, -0.15) is 0 Å². The number of methoxy groups -OCH3 is 2. The largest absolute Gasteiger partial charge is 0.497 e. The summed E-state index contributed by atoms with van der Waals surface area (Å²) in [6.07, 6.45) is 2.49. The minimum atomic E-state index is 0.168. The lowest BCUT2D eigenvalue weighted by atomic mass is 10.0. The molecule has 2 N–H and O–H groups in total. The molecule has 1 aromatic carbocycles. The van der Waals surface area contributed by atoms with Crippen molar-refractivity contribution in [1.82, 2.24) is 15.5 Å². The van der Waals surface area contributed by atoms with E-state index in [1.165, 1.54) is 5.56 Å². The molecule has 0 amide bonds. The average molecular weight is 431 g/mol. The van der Waals surface area contributed by atoms with Crippen LogP contribution in [0.5, 0.6) is 5.75 Å². The fourth-order valence-electron chi connectivity index (χ4n) is 3.53.